The molecule has 0 aliphatic heterocycles. The highest BCUT2D eigenvalue weighted by atomic mass is 16.3. The van der Waals surface area contributed by atoms with Crippen LogP contribution in [-0.4, -0.2) is 11.0 Å². The third kappa shape index (κ3) is 3.09. The molecule has 4 heteroatoms. The van der Waals surface area contributed by atoms with Crippen molar-refractivity contribution in [2.24, 2.45) is 0 Å². The Labute approximate surface area is 118 Å². The van der Waals surface area contributed by atoms with Gasteiger partial charge in [0.2, 0.25) is 0 Å². The van der Waals surface area contributed by atoms with Gasteiger partial charge in [0.25, 0.3) is 5.91 Å². The number of rotatable bonds is 3. The lowest BCUT2D eigenvalue weighted by molar-refractivity contribution is 0.0940. The molecule has 0 saturated carbocycles. The van der Waals surface area contributed by atoms with E-state index in [1.807, 2.05) is 38.1 Å². The number of amides is 1. The Kier molecular flexibility index (Phi) is 3.94. The molecule has 20 heavy (non-hydrogen) atoms. The van der Waals surface area contributed by atoms with Crippen LogP contribution in [0.1, 0.15) is 34.5 Å². The van der Waals surface area contributed by atoms with Crippen LogP contribution in [0.4, 0.5) is 5.69 Å². The van der Waals surface area contributed by atoms with E-state index in [1.165, 1.54) is 23.8 Å². The largest absolute Gasteiger partial charge is 0.508 e. The van der Waals surface area contributed by atoms with Crippen LogP contribution in [0.3, 0.4) is 0 Å². The van der Waals surface area contributed by atoms with E-state index in [4.69, 9.17) is 5.73 Å². The summed E-state index contributed by atoms with van der Waals surface area (Å²) in [5.74, 6) is -0.279. The van der Waals surface area contributed by atoms with Gasteiger partial charge in [0.15, 0.2) is 0 Å². The maximum absolute atomic E-state index is 12.2. The summed E-state index contributed by atoms with van der Waals surface area (Å²) in [6.07, 6.45) is 0. The molecule has 0 heterocycles. The van der Waals surface area contributed by atoms with E-state index in [-0.39, 0.29) is 23.3 Å². The number of benzene rings is 2. The van der Waals surface area contributed by atoms with Crippen molar-refractivity contribution in [3.8, 4) is 5.75 Å². The van der Waals surface area contributed by atoms with Crippen LogP contribution >= 0.6 is 0 Å². The van der Waals surface area contributed by atoms with E-state index >= 15 is 0 Å². The molecule has 104 valence electrons. The van der Waals surface area contributed by atoms with Crippen LogP contribution in [0, 0.1) is 6.92 Å². The Hall–Kier alpha value is -2.49. The average Bonchev–Trinajstić information content (AvgIpc) is 2.42. The fourth-order valence-electron chi connectivity index (χ4n) is 1.95. The molecule has 0 fully saturated rings. The second-order valence-corrected chi connectivity index (χ2v) is 4.88. The number of nitrogens with one attached hydrogen (secondary N) is 1. The normalized spacial score (nSPS) is 11.9. The Morgan fingerprint density at radius 3 is 2.50 bits per heavy atom. The number of phenols is 1. The van der Waals surface area contributed by atoms with Crippen LogP contribution in [0.25, 0.3) is 0 Å². The second-order valence-electron chi connectivity index (χ2n) is 4.88. The summed E-state index contributed by atoms with van der Waals surface area (Å²) in [5, 5.41) is 12.3. The first kappa shape index (κ1) is 13.9. The van der Waals surface area contributed by atoms with Gasteiger partial charge in [0.05, 0.1) is 11.6 Å². The summed E-state index contributed by atoms with van der Waals surface area (Å²) in [4.78, 5) is 12.2. The van der Waals surface area contributed by atoms with E-state index in [0.717, 1.165) is 5.56 Å². The monoisotopic (exact) mass is 270 g/mol. The average molecular weight is 270 g/mol. The quantitative estimate of drug-likeness (QED) is 0.593. The van der Waals surface area contributed by atoms with Crippen molar-refractivity contribution in [3.63, 3.8) is 0 Å². The summed E-state index contributed by atoms with van der Waals surface area (Å²) in [6.45, 7) is 3.92. The summed E-state index contributed by atoms with van der Waals surface area (Å²) in [5.41, 5.74) is 8.57. The van der Waals surface area contributed by atoms with Gasteiger partial charge in [-0.3, -0.25) is 4.79 Å². The Bertz CT molecular complexity index is 621. The summed E-state index contributed by atoms with van der Waals surface area (Å²) in [7, 11) is 0. The number of phenolic OH excluding ortho intramolecular Hbond substituents is 1. The minimum atomic E-state index is -0.300. The molecule has 0 spiro atoms. The number of anilines is 1. The zero-order valence-electron chi connectivity index (χ0n) is 11.6. The predicted molar refractivity (Wildman–Crippen MR) is 79.6 cm³/mol. The van der Waals surface area contributed by atoms with Crippen molar-refractivity contribution >= 4 is 11.6 Å². The van der Waals surface area contributed by atoms with Gasteiger partial charge in [0.1, 0.15) is 5.75 Å². The number of hydrogen-bond donors (Lipinski definition) is 3. The van der Waals surface area contributed by atoms with E-state index in [9.17, 15) is 9.90 Å². The number of carbonyl (C=O) groups is 1. The molecule has 0 aliphatic carbocycles. The van der Waals surface area contributed by atoms with Crippen molar-refractivity contribution in [2.75, 3.05) is 5.73 Å². The standard InChI is InChI=1S/C16H18N2O2/c1-10-3-5-12(6-4-10)11(2)18-16(20)14-9-13(19)7-8-15(14)17/h3-9,11,19H,17H2,1-2H3,(H,18,20). The second kappa shape index (κ2) is 5.65. The van der Waals surface area contributed by atoms with Gasteiger partial charge in [0, 0.05) is 5.69 Å². The molecule has 0 saturated heterocycles. The maximum Gasteiger partial charge on any atom is 0.253 e. The first-order valence-electron chi connectivity index (χ1n) is 6.43. The number of nitrogen functional groups attached to an aromatic ring is 1. The number of aromatic hydroxyl groups is 1. The van der Waals surface area contributed by atoms with Gasteiger partial charge >= 0.3 is 0 Å². The highest BCUT2D eigenvalue weighted by Crippen LogP contribution is 2.20. The molecule has 0 bridgehead atoms. The Morgan fingerprint density at radius 2 is 1.85 bits per heavy atom. The fraction of sp³-hybridized carbons (Fsp3) is 0.188. The third-order valence-corrected chi connectivity index (χ3v) is 3.21. The predicted octanol–water partition coefficient (Wildman–Crippen LogP) is 2.77. The first-order chi connectivity index (χ1) is 9.47. The highest BCUT2D eigenvalue weighted by molar-refractivity contribution is 5.99. The van der Waals surface area contributed by atoms with Gasteiger partial charge in [-0.2, -0.15) is 0 Å². The van der Waals surface area contributed by atoms with E-state index < -0.39 is 0 Å². The zero-order chi connectivity index (χ0) is 14.7. The van der Waals surface area contributed by atoms with E-state index in [2.05, 4.69) is 5.32 Å². The highest BCUT2D eigenvalue weighted by Gasteiger charge is 2.14. The molecule has 0 radical (unpaired) electrons. The van der Waals surface area contributed by atoms with E-state index in [0.29, 0.717) is 5.69 Å². The van der Waals surface area contributed by atoms with Gasteiger partial charge < -0.3 is 16.2 Å². The van der Waals surface area contributed by atoms with Crippen LogP contribution in [-0.2, 0) is 0 Å². The minimum absolute atomic E-state index is 0.0207. The SMILES string of the molecule is Cc1ccc(C(C)NC(=O)c2cc(O)ccc2N)cc1. The van der Waals surface area contributed by atoms with Crippen molar-refractivity contribution in [1.29, 1.82) is 0 Å². The smallest absolute Gasteiger partial charge is 0.253 e. The van der Waals surface area contributed by atoms with Crippen molar-refractivity contribution in [1.82, 2.24) is 5.32 Å². The third-order valence-electron chi connectivity index (χ3n) is 3.21. The minimum Gasteiger partial charge on any atom is -0.508 e. The molecule has 2 aromatic carbocycles. The molecule has 4 N–H and O–H groups in total. The fourth-order valence-corrected chi connectivity index (χ4v) is 1.95. The lowest BCUT2D eigenvalue weighted by Crippen LogP contribution is -2.27. The van der Waals surface area contributed by atoms with Gasteiger partial charge in [-0.1, -0.05) is 29.8 Å². The lowest BCUT2D eigenvalue weighted by Gasteiger charge is -2.15. The zero-order valence-corrected chi connectivity index (χ0v) is 11.6. The molecule has 2 aromatic rings. The molecule has 0 aromatic heterocycles. The maximum atomic E-state index is 12.2. The van der Waals surface area contributed by atoms with Crippen molar-refractivity contribution < 1.29 is 9.90 Å². The molecule has 0 aliphatic rings. The molecule has 1 unspecified atom stereocenters. The topological polar surface area (TPSA) is 75.3 Å². The van der Waals surface area contributed by atoms with Gasteiger partial charge in [-0.05, 0) is 37.6 Å². The first-order valence-corrected chi connectivity index (χ1v) is 6.43. The molecule has 4 nitrogen and oxygen atoms in total. The molecular formula is C16H18N2O2. The molecular weight excluding hydrogens is 252 g/mol. The Balaban J connectivity index is 2.15. The van der Waals surface area contributed by atoms with Gasteiger partial charge in [-0.25, -0.2) is 0 Å². The summed E-state index contributed by atoms with van der Waals surface area (Å²) >= 11 is 0. The van der Waals surface area contributed by atoms with Crippen LogP contribution in [0.15, 0.2) is 42.5 Å². The number of aryl methyl sites for hydroxylation is 1. The van der Waals surface area contributed by atoms with Crippen LogP contribution in [0.5, 0.6) is 5.75 Å². The van der Waals surface area contributed by atoms with Crippen LogP contribution < -0.4 is 11.1 Å². The van der Waals surface area contributed by atoms with Gasteiger partial charge in [-0.15, -0.1) is 0 Å². The Morgan fingerprint density at radius 1 is 1.20 bits per heavy atom. The molecule has 1 atom stereocenters. The van der Waals surface area contributed by atoms with Crippen molar-refractivity contribution in [2.45, 2.75) is 19.9 Å². The number of hydrogen-bond acceptors (Lipinski definition) is 3. The van der Waals surface area contributed by atoms with Crippen molar-refractivity contribution in [3.05, 3.63) is 59.2 Å². The molecule has 1 amide bonds. The van der Waals surface area contributed by atoms with E-state index in [1.54, 1.807) is 0 Å². The lowest BCUT2D eigenvalue weighted by atomic mass is 10.1. The van der Waals surface area contributed by atoms with Crippen LogP contribution in [0.2, 0.25) is 0 Å². The number of nitrogens with two attached hydrogens (primary N) is 1. The summed E-state index contributed by atoms with van der Waals surface area (Å²) in [6, 6.07) is 12.2. The number of carbonyl (C=O) groups excluding carboxylic acids is 1. The molecule has 2 rings (SSSR count). The summed E-state index contributed by atoms with van der Waals surface area (Å²) < 4.78 is 0.